The number of ether oxygens (including phenoxy) is 1. The molecule has 0 aliphatic carbocycles. The number of pyridine rings is 1. The molecule has 0 aliphatic rings. The minimum atomic E-state index is -4.77. The zero-order valence-corrected chi connectivity index (χ0v) is 16.5. The summed E-state index contributed by atoms with van der Waals surface area (Å²) in [4.78, 5) is 16.8. The molecular weight excluding hydrogens is 414 g/mol. The van der Waals surface area contributed by atoms with Crippen LogP contribution < -0.4 is 15.8 Å². The van der Waals surface area contributed by atoms with E-state index in [-0.39, 0.29) is 29.8 Å². The second kappa shape index (κ2) is 9.13. The first kappa shape index (κ1) is 22.2. The van der Waals surface area contributed by atoms with Crippen LogP contribution in [0, 0.1) is 5.82 Å². The Hall–Kier alpha value is -3.46. The Kier molecular flexibility index (Phi) is 6.55. The third kappa shape index (κ3) is 5.37. The molecule has 1 amide bonds. The number of methoxy groups -OCH3 is 1. The molecule has 2 aromatic carbocycles. The van der Waals surface area contributed by atoms with Crippen molar-refractivity contribution in [2.75, 3.05) is 7.11 Å². The number of amides is 1. The molecule has 0 saturated heterocycles. The maximum atomic E-state index is 13.5. The van der Waals surface area contributed by atoms with Gasteiger partial charge in [-0.15, -0.1) is 0 Å². The van der Waals surface area contributed by atoms with Gasteiger partial charge >= 0.3 is 6.18 Å². The van der Waals surface area contributed by atoms with Crippen LogP contribution in [0.5, 0.6) is 5.75 Å². The van der Waals surface area contributed by atoms with Crippen LogP contribution in [0.1, 0.15) is 27.2 Å². The van der Waals surface area contributed by atoms with E-state index in [2.05, 4.69) is 10.3 Å². The standard InChI is InChI=1S/C22H19F4N3O2/c1-31-18-4-5-28-17(10-18)12-29-21(30)15-7-13(11-27)6-14(8-15)19-3-2-16(23)9-20(19)22(24,25)26/h2-10H,11-12,27H2,1H3,(H,29,30). The molecule has 1 aromatic heterocycles. The largest absolute Gasteiger partial charge is 0.497 e. The van der Waals surface area contributed by atoms with E-state index in [1.165, 1.54) is 31.5 Å². The van der Waals surface area contributed by atoms with Gasteiger partial charge in [-0.25, -0.2) is 4.39 Å². The normalized spacial score (nSPS) is 11.3. The van der Waals surface area contributed by atoms with Gasteiger partial charge in [-0.1, -0.05) is 6.07 Å². The summed E-state index contributed by atoms with van der Waals surface area (Å²) in [5.41, 5.74) is 5.53. The number of rotatable bonds is 6. The van der Waals surface area contributed by atoms with Crippen LogP contribution in [-0.2, 0) is 19.3 Å². The Balaban J connectivity index is 1.93. The molecule has 0 fully saturated rings. The Morgan fingerprint density at radius 3 is 2.58 bits per heavy atom. The van der Waals surface area contributed by atoms with Gasteiger partial charge < -0.3 is 15.8 Å². The molecule has 9 heteroatoms. The van der Waals surface area contributed by atoms with Gasteiger partial charge in [-0.05, 0) is 53.1 Å². The summed E-state index contributed by atoms with van der Waals surface area (Å²) in [6, 6.07) is 9.97. The number of nitrogens with zero attached hydrogens (tertiary/aromatic N) is 1. The third-order valence-corrected chi connectivity index (χ3v) is 4.54. The summed E-state index contributed by atoms with van der Waals surface area (Å²) in [5.74, 6) is -0.950. The topological polar surface area (TPSA) is 77.2 Å². The molecule has 3 N–H and O–H groups in total. The highest BCUT2D eigenvalue weighted by atomic mass is 19.4. The van der Waals surface area contributed by atoms with E-state index >= 15 is 0 Å². The molecule has 0 unspecified atom stereocenters. The van der Waals surface area contributed by atoms with Gasteiger partial charge in [-0.2, -0.15) is 13.2 Å². The number of nitrogens with two attached hydrogens (primary N) is 1. The summed E-state index contributed by atoms with van der Waals surface area (Å²) in [6.45, 7) is 0.0939. The molecule has 3 aromatic rings. The van der Waals surface area contributed by atoms with Gasteiger partial charge in [0.15, 0.2) is 0 Å². The van der Waals surface area contributed by atoms with Gasteiger partial charge in [-0.3, -0.25) is 9.78 Å². The summed E-state index contributed by atoms with van der Waals surface area (Å²) >= 11 is 0. The van der Waals surface area contributed by atoms with E-state index < -0.39 is 23.5 Å². The average molecular weight is 433 g/mol. The highest BCUT2D eigenvalue weighted by Gasteiger charge is 2.34. The summed E-state index contributed by atoms with van der Waals surface area (Å²) in [7, 11) is 1.50. The van der Waals surface area contributed by atoms with Crippen molar-refractivity contribution in [2.24, 2.45) is 5.73 Å². The fourth-order valence-corrected chi connectivity index (χ4v) is 3.05. The molecule has 3 rings (SSSR count). The Labute approximate surface area is 175 Å². The highest BCUT2D eigenvalue weighted by Crippen LogP contribution is 2.38. The van der Waals surface area contributed by atoms with Crippen molar-refractivity contribution in [1.82, 2.24) is 10.3 Å². The van der Waals surface area contributed by atoms with Gasteiger partial charge in [0.1, 0.15) is 11.6 Å². The molecule has 0 spiro atoms. The van der Waals surface area contributed by atoms with Gasteiger partial charge in [0, 0.05) is 24.4 Å². The van der Waals surface area contributed by atoms with E-state index in [4.69, 9.17) is 10.5 Å². The Morgan fingerprint density at radius 1 is 1.13 bits per heavy atom. The van der Waals surface area contributed by atoms with E-state index in [0.29, 0.717) is 23.1 Å². The predicted octanol–water partition coefficient (Wildman–Crippen LogP) is 4.30. The summed E-state index contributed by atoms with van der Waals surface area (Å²) in [6.07, 6.45) is -3.24. The van der Waals surface area contributed by atoms with Gasteiger partial charge in [0.25, 0.3) is 5.91 Å². The van der Waals surface area contributed by atoms with E-state index in [1.54, 1.807) is 12.1 Å². The first-order chi connectivity index (χ1) is 14.7. The smallest absolute Gasteiger partial charge is 0.417 e. The number of aromatic nitrogens is 1. The van der Waals surface area contributed by atoms with Crippen LogP contribution in [0.4, 0.5) is 17.6 Å². The van der Waals surface area contributed by atoms with Crippen molar-refractivity contribution in [3.8, 4) is 16.9 Å². The Bertz CT molecular complexity index is 1100. The molecule has 31 heavy (non-hydrogen) atoms. The van der Waals surface area contributed by atoms with Crippen molar-refractivity contribution < 1.29 is 27.1 Å². The van der Waals surface area contributed by atoms with Crippen LogP contribution in [0.2, 0.25) is 0 Å². The summed E-state index contributed by atoms with van der Waals surface area (Å²) < 4.78 is 58.9. The van der Waals surface area contributed by atoms with Crippen molar-refractivity contribution >= 4 is 5.91 Å². The lowest BCUT2D eigenvalue weighted by molar-refractivity contribution is -0.137. The monoisotopic (exact) mass is 433 g/mol. The molecule has 162 valence electrons. The number of benzene rings is 2. The molecule has 0 bridgehead atoms. The third-order valence-electron chi connectivity index (χ3n) is 4.54. The average Bonchev–Trinajstić information content (AvgIpc) is 2.76. The number of nitrogens with one attached hydrogen (secondary N) is 1. The minimum Gasteiger partial charge on any atom is -0.497 e. The van der Waals surface area contributed by atoms with Crippen molar-refractivity contribution in [1.29, 1.82) is 0 Å². The lowest BCUT2D eigenvalue weighted by Crippen LogP contribution is -2.23. The first-order valence-corrected chi connectivity index (χ1v) is 9.19. The van der Waals surface area contributed by atoms with Crippen molar-refractivity contribution in [3.63, 3.8) is 0 Å². The van der Waals surface area contributed by atoms with Crippen molar-refractivity contribution in [2.45, 2.75) is 19.3 Å². The quantitative estimate of drug-likeness (QED) is 0.568. The lowest BCUT2D eigenvalue weighted by atomic mass is 9.95. The number of hydrogen-bond acceptors (Lipinski definition) is 4. The lowest BCUT2D eigenvalue weighted by Gasteiger charge is -2.15. The van der Waals surface area contributed by atoms with Crippen LogP contribution in [0.15, 0.2) is 54.7 Å². The second-order valence-corrected chi connectivity index (χ2v) is 6.68. The molecule has 0 aliphatic heterocycles. The van der Waals surface area contributed by atoms with Crippen LogP contribution in [-0.4, -0.2) is 18.0 Å². The van der Waals surface area contributed by atoms with E-state index in [1.807, 2.05) is 0 Å². The zero-order chi connectivity index (χ0) is 22.6. The number of alkyl halides is 3. The van der Waals surface area contributed by atoms with Gasteiger partial charge in [0.2, 0.25) is 0 Å². The highest BCUT2D eigenvalue weighted by molar-refractivity contribution is 5.95. The van der Waals surface area contributed by atoms with Crippen LogP contribution >= 0.6 is 0 Å². The zero-order valence-electron chi connectivity index (χ0n) is 16.5. The number of carbonyl (C=O) groups is 1. The SMILES string of the molecule is COc1ccnc(CNC(=O)c2cc(CN)cc(-c3ccc(F)cc3C(F)(F)F)c2)c1. The number of hydrogen-bond donors (Lipinski definition) is 2. The maximum absolute atomic E-state index is 13.5. The first-order valence-electron chi connectivity index (χ1n) is 9.19. The number of halogens is 4. The maximum Gasteiger partial charge on any atom is 0.417 e. The fraction of sp³-hybridized carbons (Fsp3) is 0.182. The Morgan fingerprint density at radius 2 is 1.90 bits per heavy atom. The van der Waals surface area contributed by atoms with Crippen LogP contribution in [0.25, 0.3) is 11.1 Å². The predicted molar refractivity (Wildman–Crippen MR) is 107 cm³/mol. The molecule has 0 saturated carbocycles. The molecule has 5 nitrogen and oxygen atoms in total. The van der Waals surface area contributed by atoms with Gasteiger partial charge in [0.05, 0.1) is 24.9 Å². The second-order valence-electron chi connectivity index (χ2n) is 6.68. The van der Waals surface area contributed by atoms with E-state index in [0.717, 1.165) is 12.1 Å². The summed E-state index contributed by atoms with van der Waals surface area (Å²) in [5, 5.41) is 2.67. The minimum absolute atomic E-state index is 0.00804. The molecule has 0 radical (unpaired) electrons. The number of carbonyl (C=O) groups excluding carboxylic acids is 1. The fourth-order valence-electron chi connectivity index (χ4n) is 3.05. The molecule has 1 heterocycles. The molecule has 0 atom stereocenters. The van der Waals surface area contributed by atoms with Crippen molar-refractivity contribution in [3.05, 3.63) is 82.9 Å². The van der Waals surface area contributed by atoms with E-state index in [9.17, 15) is 22.4 Å². The van der Waals surface area contributed by atoms with Crippen LogP contribution in [0.3, 0.4) is 0 Å². The molecular formula is C22H19F4N3O2.